The average molecular weight is 218 g/mol. The Balaban J connectivity index is 4.01. The van der Waals surface area contributed by atoms with Crippen molar-refractivity contribution in [2.24, 2.45) is 0 Å². The second-order valence-corrected chi connectivity index (χ2v) is 3.31. The van der Waals surface area contributed by atoms with Gasteiger partial charge in [0.25, 0.3) is 0 Å². The maximum absolute atomic E-state index is 11.3. The lowest BCUT2D eigenvalue weighted by atomic mass is 10.2. The summed E-state index contributed by atoms with van der Waals surface area (Å²) < 4.78 is 0. The number of hydrogen-bond acceptors (Lipinski definition) is 3. The topological polar surface area (TPSA) is 58.2 Å². The third-order valence-corrected chi connectivity index (χ3v) is 2.03. The molecule has 2 N–H and O–H groups in total. The van der Waals surface area contributed by atoms with Crippen molar-refractivity contribution in [2.75, 3.05) is 12.3 Å². The van der Waals surface area contributed by atoms with Gasteiger partial charge in [0.2, 0.25) is 11.8 Å². The Hall–Kier alpha value is -0.710. The van der Waals surface area contributed by atoms with Crippen molar-refractivity contribution in [3.8, 4) is 0 Å². The minimum absolute atomic E-state index is 0.0993. The van der Waals surface area contributed by atoms with Gasteiger partial charge in [-0.2, -0.15) is 12.6 Å². The highest BCUT2D eigenvalue weighted by Gasteiger charge is 2.17. The molecule has 1 unspecified atom stereocenters. The summed E-state index contributed by atoms with van der Waals surface area (Å²) in [6.45, 7) is 4.31. The zero-order valence-electron chi connectivity index (χ0n) is 8.67. The van der Waals surface area contributed by atoms with Crippen molar-refractivity contribution < 1.29 is 9.59 Å². The molecule has 14 heavy (non-hydrogen) atoms. The zero-order valence-corrected chi connectivity index (χ0v) is 9.56. The maximum atomic E-state index is 11.3. The molecular weight excluding hydrogens is 200 g/mol. The molecule has 1 atom stereocenters. The van der Waals surface area contributed by atoms with Crippen molar-refractivity contribution in [3.05, 3.63) is 0 Å². The van der Waals surface area contributed by atoms with Crippen LogP contribution in [0.25, 0.3) is 0 Å². The predicted octanol–water partition coefficient (Wildman–Crippen LogP) is 0.337. The standard InChI is InChI=1S/C9H18N2O2S/c1-3-5-8(12)11-7(6-14)9(13)10-4-2/h7,14H,3-6H2,1-2H3,(H,10,13)(H,11,12). The van der Waals surface area contributed by atoms with Crippen LogP contribution in [-0.2, 0) is 9.59 Å². The Morgan fingerprint density at radius 2 is 2.00 bits per heavy atom. The zero-order chi connectivity index (χ0) is 11.0. The molecule has 0 aromatic heterocycles. The van der Waals surface area contributed by atoms with E-state index in [1.807, 2.05) is 13.8 Å². The molecule has 0 saturated heterocycles. The van der Waals surface area contributed by atoms with Gasteiger partial charge in [-0.25, -0.2) is 0 Å². The van der Waals surface area contributed by atoms with Gasteiger partial charge in [-0.05, 0) is 13.3 Å². The molecule has 0 rings (SSSR count). The molecule has 4 nitrogen and oxygen atoms in total. The number of likely N-dealkylation sites (N-methyl/N-ethyl adjacent to an activating group) is 1. The van der Waals surface area contributed by atoms with Crippen molar-refractivity contribution >= 4 is 24.4 Å². The lowest BCUT2D eigenvalue weighted by Gasteiger charge is -2.15. The number of hydrogen-bond donors (Lipinski definition) is 3. The molecule has 0 aliphatic rings. The summed E-state index contributed by atoms with van der Waals surface area (Å²) in [4.78, 5) is 22.5. The molecule has 0 saturated carbocycles. The molecule has 0 aliphatic heterocycles. The van der Waals surface area contributed by atoms with Crippen LogP contribution in [0.15, 0.2) is 0 Å². The van der Waals surface area contributed by atoms with Crippen molar-refractivity contribution in [1.29, 1.82) is 0 Å². The third-order valence-electron chi connectivity index (χ3n) is 1.66. The summed E-state index contributed by atoms with van der Waals surface area (Å²) in [6, 6.07) is -0.516. The molecule has 0 bridgehead atoms. The van der Waals surface area contributed by atoms with E-state index in [9.17, 15) is 9.59 Å². The van der Waals surface area contributed by atoms with Gasteiger partial charge in [-0.1, -0.05) is 6.92 Å². The fraction of sp³-hybridized carbons (Fsp3) is 0.778. The van der Waals surface area contributed by atoms with Crippen LogP contribution in [0.5, 0.6) is 0 Å². The highest BCUT2D eigenvalue weighted by Crippen LogP contribution is 1.92. The second kappa shape index (κ2) is 7.67. The van der Waals surface area contributed by atoms with Gasteiger partial charge in [0, 0.05) is 18.7 Å². The number of carbonyl (C=O) groups is 2. The Kier molecular flexibility index (Phi) is 7.28. The van der Waals surface area contributed by atoms with Crippen LogP contribution in [0.4, 0.5) is 0 Å². The highest BCUT2D eigenvalue weighted by molar-refractivity contribution is 7.80. The molecule has 0 radical (unpaired) electrons. The van der Waals surface area contributed by atoms with Crippen LogP contribution in [-0.4, -0.2) is 30.2 Å². The lowest BCUT2D eigenvalue weighted by Crippen LogP contribution is -2.47. The van der Waals surface area contributed by atoms with Crippen LogP contribution < -0.4 is 10.6 Å². The first-order valence-electron chi connectivity index (χ1n) is 4.83. The molecule has 0 aromatic carbocycles. The molecule has 0 aliphatic carbocycles. The van der Waals surface area contributed by atoms with Gasteiger partial charge < -0.3 is 10.6 Å². The number of carbonyl (C=O) groups excluding carboxylic acids is 2. The summed E-state index contributed by atoms with van der Waals surface area (Å²) >= 11 is 4.01. The van der Waals surface area contributed by atoms with Gasteiger partial charge in [-0.15, -0.1) is 0 Å². The fourth-order valence-electron chi connectivity index (χ4n) is 0.985. The fourth-order valence-corrected chi connectivity index (χ4v) is 1.24. The lowest BCUT2D eigenvalue weighted by molar-refractivity contribution is -0.128. The van der Waals surface area contributed by atoms with Crippen molar-refractivity contribution in [1.82, 2.24) is 10.6 Å². The molecule has 0 heterocycles. The normalized spacial score (nSPS) is 11.9. The van der Waals surface area contributed by atoms with Gasteiger partial charge in [0.05, 0.1) is 0 Å². The average Bonchev–Trinajstić information content (AvgIpc) is 2.15. The van der Waals surface area contributed by atoms with E-state index < -0.39 is 6.04 Å². The van der Waals surface area contributed by atoms with E-state index >= 15 is 0 Å². The molecule has 5 heteroatoms. The molecule has 0 fully saturated rings. The highest BCUT2D eigenvalue weighted by atomic mass is 32.1. The number of rotatable bonds is 6. The van der Waals surface area contributed by atoms with Crippen LogP contribution in [0.2, 0.25) is 0 Å². The Bertz CT molecular complexity index is 197. The van der Waals surface area contributed by atoms with Crippen molar-refractivity contribution in [2.45, 2.75) is 32.7 Å². The molecule has 0 spiro atoms. The SMILES string of the molecule is CCCC(=O)NC(CS)C(=O)NCC. The summed E-state index contributed by atoms with van der Waals surface area (Å²) in [7, 11) is 0. The largest absolute Gasteiger partial charge is 0.355 e. The monoisotopic (exact) mass is 218 g/mol. The van der Waals surface area contributed by atoms with E-state index in [0.29, 0.717) is 18.7 Å². The summed E-state index contributed by atoms with van der Waals surface area (Å²) in [5.74, 6) is 0.0473. The van der Waals surface area contributed by atoms with E-state index in [1.54, 1.807) is 0 Å². The van der Waals surface area contributed by atoms with Gasteiger partial charge >= 0.3 is 0 Å². The Labute approximate surface area is 90.2 Å². The predicted molar refractivity (Wildman–Crippen MR) is 59.4 cm³/mol. The van der Waals surface area contributed by atoms with E-state index in [1.165, 1.54) is 0 Å². The van der Waals surface area contributed by atoms with Crippen LogP contribution in [0.1, 0.15) is 26.7 Å². The van der Waals surface area contributed by atoms with Crippen LogP contribution in [0, 0.1) is 0 Å². The number of thiol groups is 1. The van der Waals surface area contributed by atoms with Crippen molar-refractivity contribution in [3.63, 3.8) is 0 Å². The summed E-state index contributed by atoms with van der Waals surface area (Å²) in [5, 5.41) is 5.27. The quantitative estimate of drug-likeness (QED) is 0.563. The first-order valence-corrected chi connectivity index (χ1v) is 5.46. The van der Waals surface area contributed by atoms with E-state index in [0.717, 1.165) is 6.42 Å². The third kappa shape index (κ3) is 5.11. The molecule has 82 valence electrons. The molecular formula is C9H18N2O2S. The van der Waals surface area contributed by atoms with Gasteiger partial charge in [-0.3, -0.25) is 9.59 Å². The summed E-state index contributed by atoms with van der Waals surface area (Å²) in [6.07, 6.45) is 1.23. The van der Waals surface area contributed by atoms with Gasteiger partial charge in [0.1, 0.15) is 6.04 Å². The first kappa shape index (κ1) is 13.3. The maximum Gasteiger partial charge on any atom is 0.243 e. The Morgan fingerprint density at radius 3 is 2.43 bits per heavy atom. The smallest absolute Gasteiger partial charge is 0.243 e. The van der Waals surface area contributed by atoms with E-state index in [4.69, 9.17) is 0 Å². The minimum atomic E-state index is -0.516. The number of nitrogens with one attached hydrogen (secondary N) is 2. The minimum Gasteiger partial charge on any atom is -0.355 e. The number of amides is 2. The second-order valence-electron chi connectivity index (χ2n) is 2.95. The first-order chi connectivity index (χ1) is 6.65. The van der Waals surface area contributed by atoms with Crippen LogP contribution in [0.3, 0.4) is 0 Å². The van der Waals surface area contributed by atoms with E-state index in [-0.39, 0.29) is 11.8 Å². The summed E-state index contributed by atoms with van der Waals surface area (Å²) in [5.41, 5.74) is 0. The Morgan fingerprint density at radius 1 is 1.36 bits per heavy atom. The molecule has 0 aromatic rings. The van der Waals surface area contributed by atoms with E-state index in [2.05, 4.69) is 23.3 Å². The van der Waals surface area contributed by atoms with Crippen LogP contribution >= 0.6 is 12.6 Å². The molecule has 2 amide bonds. The van der Waals surface area contributed by atoms with Gasteiger partial charge in [0.15, 0.2) is 0 Å².